The fourth-order valence-electron chi connectivity index (χ4n) is 1.73. The van der Waals surface area contributed by atoms with Crippen molar-refractivity contribution in [2.75, 3.05) is 6.54 Å². The second kappa shape index (κ2) is 4.38. The van der Waals surface area contributed by atoms with Crippen molar-refractivity contribution in [2.45, 2.75) is 38.3 Å². The van der Waals surface area contributed by atoms with Gasteiger partial charge in [0.2, 0.25) is 0 Å². The lowest BCUT2D eigenvalue weighted by Crippen LogP contribution is -2.26. The highest BCUT2D eigenvalue weighted by Gasteiger charge is 2.18. The maximum Gasteiger partial charge on any atom is 0.110 e. The number of rotatable bonds is 2. The summed E-state index contributed by atoms with van der Waals surface area (Å²) in [5.41, 5.74) is 5.81. The van der Waals surface area contributed by atoms with Gasteiger partial charge < -0.3 is 11.1 Å². The standard InChI is InChI=1S/C10H17N3S/c1-7(11)9-6-13-10(14-9)8-4-2-3-5-12-8/h6-8,12H,2-5,11H2,1H3. The zero-order valence-electron chi connectivity index (χ0n) is 8.49. The summed E-state index contributed by atoms with van der Waals surface area (Å²) in [6, 6.07) is 0.589. The van der Waals surface area contributed by atoms with E-state index < -0.39 is 0 Å². The van der Waals surface area contributed by atoms with Crippen molar-refractivity contribution in [3.8, 4) is 0 Å². The van der Waals surface area contributed by atoms with Crippen LogP contribution in [0.25, 0.3) is 0 Å². The van der Waals surface area contributed by atoms with Crippen LogP contribution in [-0.4, -0.2) is 11.5 Å². The van der Waals surface area contributed by atoms with Crippen LogP contribution in [0.1, 0.15) is 48.2 Å². The number of hydrogen-bond acceptors (Lipinski definition) is 4. The van der Waals surface area contributed by atoms with Crippen LogP contribution in [0.4, 0.5) is 0 Å². The molecule has 78 valence electrons. The van der Waals surface area contributed by atoms with Crippen LogP contribution in [0.2, 0.25) is 0 Å². The van der Waals surface area contributed by atoms with Crippen LogP contribution in [0, 0.1) is 0 Å². The third-order valence-electron chi connectivity index (χ3n) is 2.60. The third-order valence-corrected chi connectivity index (χ3v) is 3.91. The Balaban J connectivity index is 2.07. The minimum absolute atomic E-state index is 0.116. The molecule has 0 aromatic carbocycles. The molecule has 0 amide bonds. The monoisotopic (exact) mass is 211 g/mol. The molecule has 2 heterocycles. The van der Waals surface area contributed by atoms with Crippen LogP contribution in [0.5, 0.6) is 0 Å². The van der Waals surface area contributed by atoms with Gasteiger partial charge >= 0.3 is 0 Å². The summed E-state index contributed by atoms with van der Waals surface area (Å²) in [5.74, 6) is 0. The van der Waals surface area contributed by atoms with Gasteiger partial charge in [-0.15, -0.1) is 11.3 Å². The highest BCUT2D eigenvalue weighted by Crippen LogP contribution is 2.28. The fourth-order valence-corrected chi connectivity index (χ4v) is 2.72. The predicted molar refractivity (Wildman–Crippen MR) is 59.3 cm³/mol. The molecule has 2 unspecified atom stereocenters. The van der Waals surface area contributed by atoms with Crippen molar-refractivity contribution in [1.29, 1.82) is 0 Å². The van der Waals surface area contributed by atoms with Crippen LogP contribution in [0.3, 0.4) is 0 Å². The number of thiazole rings is 1. The van der Waals surface area contributed by atoms with Crippen molar-refractivity contribution in [1.82, 2.24) is 10.3 Å². The molecule has 0 spiro atoms. The van der Waals surface area contributed by atoms with E-state index in [2.05, 4.69) is 10.3 Å². The second-order valence-corrected chi connectivity index (χ2v) is 4.99. The van der Waals surface area contributed by atoms with E-state index in [1.54, 1.807) is 11.3 Å². The minimum Gasteiger partial charge on any atom is -0.323 e. The largest absolute Gasteiger partial charge is 0.323 e. The van der Waals surface area contributed by atoms with Gasteiger partial charge in [0.05, 0.1) is 6.04 Å². The lowest BCUT2D eigenvalue weighted by atomic mass is 10.1. The number of aromatic nitrogens is 1. The molecular formula is C10H17N3S. The van der Waals surface area contributed by atoms with E-state index in [0.29, 0.717) is 6.04 Å². The Morgan fingerprint density at radius 3 is 3.07 bits per heavy atom. The van der Waals surface area contributed by atoms with Gasteiger partial charge in [-0.3, -0.25) is 0 Å². The topological polar surface area (TPSA) is 50.9 Å². The number of hydrogen-bond donors (Lipinski definition) is 2. The smallest absolute Gasteiger partial charge is 0.110 e. The summed E-state index contributed by atoms with van der Waals surface area (Å²) < 4.78 is 0. The molecule has 2 atom stereocenters. The van der Waals surface area contributed by atoms with Gasteiger partial charge in [0.1, 0.15) is 5.01 Å². The van der Waals surface area contributed by atoms with Gasteiger partial charge in [0, 0.05) is 17.1 Å². The van der Waals surface area contributed by atoms with E-state index in [1.807, 2.05) is 13.1 Å². The quantitative estimate of drug-likeness (QED) is 0.786. The van der Waals surface area contributed by atoms with Gasteiger partial charge in [-0.25, -0.2) is 4.98 Å². The molecule has 1 saturated heterocycles. The maximum absolute atomic E-state index is 5.81. The first-order valence-electron chi connectivity index (χ1n) is 5.22. The lowest BCUT2D eigenvalue weighted by molar-refractivity contribution is 0.411. The van der Waals surface area contributed by atoms with Crippen molar-refractivity contribution in [3.05, 3.63) is 16.1 Å². The van der Waals surface area contributed by atoms with Crippen LogP contribution >= 0.6 is 11.3 Å². The Hall–Kier alpha value is -0.450. The van der Waals surface area contributed by atoms with E-state index in [4.69, 9.17) is 5.73 Å². The number of nitrogens with two attached hydrogens (primary N) is 1. The maximum atomic E-state index is 5.81. The Labute approximate surface area is 88.7 Å². The first kappa shape index (κ1) is 10.1. The lowest BCUT2D eigenvalue weighted by Gasteiger charge is -2.21. The van der Waals surface area contributed by atoms with Crippen molar-refractivity contribution in [2.24, 2.45) is 5.73 Å². The fraction of sp³-hybridized carbons (Fsp3) is 0.700. The molecule has 3 nitrogen and oxygen atoms in total. The Bertz CT molecular complexity index is 289. The Kier molecular flexibility index (Phi) is 3.15. The molecule has 1 aliphatic heterocycles. The highest BCUT2D eigenvalue weighted by atomic mass is 32.1. The zero-order chi connectivity index (χ0) is 9.97. The molecule has 1 aromatic rings. The van der Waals surface area contributed by atoms with Crippen LogP contribution in [0.15, 0.2) is 6.20 Å². The van der Waals surface area contributed by atoms with Gasteiger partial charge in [0.25, 0.3) is 0 Å². The first-order chi connectivity index (χ1) is 6.77. The van der Waals surface area contributed by atoms with E-state index in [0.717, 1.165) is 6.54 Å². The molecule has 0 aliphatic carbocycles. The van der Waals surface area contributed by atoms with Crippen molar-refractivity contribution < 1.29 is 0 Å². The summed E-state index contributed by atoms with van der Waals surface area (Å²) in [5, 5.41) is 4.70. The summed E-state index contributed by atoms with van der Waals surface area (Å²) >= 11 is 1.75. The molecule has 1 aliphatic rings. The Morgan fingerprint density at radius 1 is 1.64 bits per heavy atom. The third kappa shape index (κ3) is 2.13. The van der Waals surface area contributed by atoms with E-state index in [9.17, 15) is 0 Å². The van der Waals surface area contributed by atoms with Gasteiger partial charge in [-0.2, -0.15) is 0 Å². The second-order valence-electron chi connectivity index (χ2n) is 3.89. The van der Waals surface area contributed by atoms with E-state index >= 15 is 0 Å². The SMILES string of the molecule is CC(N)c1cnc(C2CCCCN2)s1. The first-order valence-corrected chi connectivity index (χ1v) is 6.03. The summed E-state index contributed by atoms with van der Waals surface area (Å²) in [4.78, 5) is 5.62. The number of nitrogens with one attached hydrogen (secondary N) is 1. The van der Waals surface area contributed by atoms with Gasteiger partial charge in [0.15, 0.2) is 0 Å². The highest BCUT2D eigenvalue weighted by molar-refractivity contribution is 7.11. The van der Waals surface area contributed by atoms with Crippen LogP contribution in [-0.2, 0) is 0 Å². The molecule has 0 bridgehead atoms. The average Bonchev–Trinajstić information content (AvgIpc) is 2.68. The summed E-state index contributed by atoms with van der Waals surface area (Å²) in [7, 11) is 0. The number of piperidine rings is 1. The molecule has 14 heavy (non-hydrogen) atoms. The molecule has 3 N–H and O–H groups in total. The van der Waals surface area contributed by atoms with Crippen molar-refractivity contribution >= 4 is 11.3 Å². The molecular weight excluding hydrogens is 194 g/mol. The van der Waals surface area contributed by atoms with Gasteiger partial charge in [-0.1, -0.05) is 6.42 Å². The normalized spacial score (nSPS) is 24.9. The molecule has 0 radical (unpaired) electrons. The number of nitrogens with zero attached hydrogens (tertiary/aromatic N) is 1. The molecule has 4 heteroatoms. The average molecular weight is 211 g/mol. The van der Waals surface area contributed by atoms with E-state index in [-0.39, 0.29) is 6.04 Å². The molecule has 0 saturated carbocycles. The Morgan fingerprint density at radius 2 is 2.50 bits per heavy atom. The van der Waals surface area contributed by atoms with Crippen molar-refractivity contribution in [3.63, 3.8) is 0 Å². The zero-order valence-corrected chi connectivity index (χ0v) is 9.31. The minimum atomic E-state index is 0.116. The van der Waals surface area contributed by atoms with Crippen LogP contribution < -0.4 is 11.1 Å². The molecule has 1 fully saturated rings. The van der Waals surface area contributed by atoms with Gasteiger partial charge in [-0.05, 0) is 26.3 Å². The summed E-state index contributed by atoms with van der Waals surface area (Å²) in [6.45, 7) is 3.13. The summed E-state index contributed by atoms with van der Waals surface area (Å²) in [6.07, 6.45) is 5.74. The predicted octanol–water partition coefficient (Wildman–Crippen LogP) is 1.98. The van der Waals surface area contributed by atoms with E-state index in [1.165, 1.54) is 29.1 Å². The molecule has 1 aromatic heterocycles. The molecule has 2 rings (SSSR count).